The first-order valence-electron chi connectivity index (χ1n) is 11.1. The highest BCUT2D eigenvalue weighted by Gasteiger charge is 2.21. The zero-order valence-electron chi connectivity index (χ0n) is 19.3. The van der Waals surface area contributed by atoms with Crippen molar-refractivity contribution in [3.8, 4) is 16.9 Å². The number of benzene rings is 2. The minimum Gasteiger partial charge on any atom is -0.341 e. The first kappa shape index (κ1) is 23.9. The van der Waals surface area contributed by atoms with Crippen molar-refractivity contribution >= 4 is 29.4 Å². The van der Waals surface area contributed by atoms with Gasteiger partial charge in [-0.05, 0) is 26.0 Å². The normalized spacial score (nSPS) is 10.6. The summed E-state index contributed by atoms with van der Waals surface area (Å²) in [5, 5.41) is 4.70. The Labute approximate surface area is 207 Å². The monoisotopic (exact) mass is 489 g/mol. The summed E-state index contributed by atoms with van der Waals surface area (Å²) in [6.07, 6.45) is 2.99. The maximum atomic E-state index is 13.1. The molecule has 9 nitrogen and oxygen atoms in total. The number of carbonyl (C=O) groups excluding carboxylic acids is 2. The number of hydrogen-bond acceptors (Lipinski definition) is 6. The van der Waals surface area contributed by atoms with Crippen LogP contribution in [-0.4, -0.2) is 44.7 Å². The second-order valence-corrected chi connectivity index (χ2v) is 7.89. The van der Waals surface area contributed by atoms with Crippen molar-refractivity contribution in [2.45, 2.75) is 13.8 Å². The number of carbonyl (C=O) groups is 2. The maximum absolute atomic E-state index is 13.1. The summed E-state index contributed by atoms with van der Waals surface area (Å²) < 4.78 is 1.62. The quantitative estimate of drug-likeness (QED) is 0.381. The molecule has 2 N–H and O–H groups in total. The van der Waals surface area contributed by atoms with Gasteiger partial charge in [-0.2, -0.15) is 5.10 Å². The first-order valence-corrected chi connectivity index (χ1v) is 11.5. The minimum atomic E-state index is -0.657. The van der Waals surface area contributed by atoms with Crippen LogP contribution >= 0.6 is 11.6 Å². The van der Waals surface area contributed by atoms with Crippen LogP contribution in [0.1, 0.15) is 34.7 Å². The van der Waals surface area contributed by atoms with E-state index in [0.29, 0.717) is 24.7 Å². The van der Waals surface area contributed by atoms with Crippen molar-refractivity contribution in [1.82, 2.24) is 30.6 Å². The average Bonchev–Trinajstić information content (AvgIpc) is 3.35. The number of amides is 2. The Morgan fingerprint density at radius 2 is 1.57 bits per heavy atom. The fourth-order valence-electron chi connectivity index (χ4n) is 3.48. The number of hydrogen-bond donors (Lipinski definition) is 2. The molecule has 4 rings (SSSR count). The molecule has 0 fully saturated rings. The molecule has 0 aliphatic rings. The van der Waals surface area contributed by atoms with Gasteiger partial charge in [-0.25, -0.2) is 14.6 Å². The van der Waals surface area contributed by atoms with Crippen LogP contribution in [0.4, 0.5) is 5.95 Å². The SMILES string of the molecule is CCN(CC)c1ncc(Cl)c(C(=O)NNC(=O)c2cn(-c3ccccc3)nc2-c2ccccc2)n1. The predicted octanol–water partition coefficient (Wildman–Crippen LogP) is 3.90. The van der Waals surface area contributed by atoms with Crippen LogP contribution in [0.3, 0.4) is 0 Å². The summed E-state index contributed by atoms with van der Waals surface area (Å²) >= 11 is 6.16. The van der Waals surface area contributed by atoms with E-state index < -0.39 is 11.8 Å². The Kier molecular flexibility index (Phi) is 7.37. The standard InChI is InChI=1S/C25H24ClN7O2/c1-3-32(4-2)25-27-15-20(26)22(28-25)24(35)30-29-23(34)19-16-33(18-13-9-6-10-14-18)31-21(19)17-11-7-5-8-12-17/h5-16H,3-4H2,1-2H3,(H,29,34)(H,30,35). The molecule has 2 aromatic heterocycles. The van der Waals surface area contributed by atoms with Gasteiger partial charge in [-0.15, -0.1) is 0 Å². The number of halogens is 1. The molecule has 0 saturated heterocycles. The Morgan fingerprint density at radius 1 is 0.943 bits per heavy atom. The number of para-hydroxylation sites is 1. The second kappa shape index (κ2) is 10.8. The highest BCUT2D eigenvalue weighted by molar-refractivity contribution is 6.33. The number of nitrogens with one attached hydrogen (secondary N) is 2. The highest BCUT2D eigenvalue weighted by atomic mass is 35.5. The van der Waals surface area contributed by atoms with E-state index in [1.165, 1.54) is 6.20 Å². The number of aromatic nitrogens is 4. The lowest BCUT2D eigenvalue weighted by Crippen LogP contribution is -2.42. The van der Waals surface area contributed by atoms with Crippen LogP contribution in [0, 0.1) is 0 Å². The van der Waals surface area contributed by atoms with Gasteiger partial charge in [0.15, 0.2) is 5.69 Å². The molecule has 4 aromatic rings. The molecule has 35 heavy (non-hydrogen) atoms. The van der Waals surface area contributed by atoms with Gasteiger partial charge >= 0.3 is 0 Å². The van der Waals surface area contributed by atoms with Crippen molar-refractivity contribution in [3.05, 3.63) is 89.3 Å². The van der Waals surface area contributed by atoms with Crippen molar-refractivity contribution in [1.29, 1.82) is 0 Å². The second-order valence-electron chi connectivity index (χ2n) is 7.48. The molecular formula is C25H24ClN7O2. The average molecular weight is 490 g/mol. The molecular weight excluding hydrogens is 466 g/mol. The van der Waals surface area contributed by atoms with E-state index in [4.69, 9.17) is 11.6 Å². The van der Waals surface area contributed by atoms with Crippen LogP contribution in [0.2, 0.25) is 5.02 Å². The Morgan fingerprint density at radius 3 is 2.23 bits per heavy atom. The smallest absolute Gasteiger partial charge is 0.290 e. The zero-order valence-corrected chi connectivity index (χ0v) is 20.0. The Hall–Kier alpha value is -4.24. The van der Waals surface area contributed by atoms with Gasteiger partial charge in [0.1, 0.15) is 5.69 Å². The predicted molar refractivity (Wildman–Crippen MR) is 135 cm³/mol. The van der Waals surface area contributed by atoms with Crippen LogP contribution in [0.25, 0.3) is 16.9 Å². The third-order valence-corrected chi connectivity index (χ3v) is 5.59. The van der Waals surface area contributed by atoms with E-state index in [0.717, 1.165) is 11.3 Å². The van der Waals surface area contributed by atoms with Gasteiger partial charge in [-0.1, -0.05) is 60.1 Å². The van der Waals surface area contributed by atoms with Crippen molar-refractivity contribution in [3.63, 3.8) is 0 Å². The summed E-state index contributed by atoms with van der Waals surface area (Å²) in [4.78, 5) is 36.3. The molecule has 0 atom stereocenters. The van der Waals surface area contributed by atoms with Crippen LogP contribution < -0.4 is 15.8 Å². The highest BCUT2D eigenvalue weighted by Crippen LogP contribution is 2.23. The van der Waals surface area contributed by atoms with Gasteiger partial charge < -0.3 is 4.90 Å². The van der Waals surface area contributed by atoms with E-state index in [2.05, 4.69) is 25.9 Å². The van der Waals surface area contributed by atoms with E-state index in [-0.39, 0.29) is 16.3 Å². The van der Waals surface area contributed by atoms with Crippen molar-refractivity contribution in [2.24, 2.45) is 0 Å². The van der Waals surface area contributed by atoms with Crippen LogP contribution in [0.15, 0.2) is 73.1 Å². The summed E-state index contributed by atoms with van der Waals surface area (Å²) in [6.45, 7) is 5.26. The molecule has 178 valence electrons. The number of nitrogens with zero attached hydrogens (tertiary/aromatic N) is 5. The van der Waals surface area contributed by atoms with Gasteiger partial charge in [0.05, 0.1) is 22.5 Å². The summed E-state index contributed by atoms with van der Waals surface area (Å²) in [5.74, 6) is -0.809. The lowest BCUT2D eigenvalue weighted by atomic mass is 10.1. The molecule has 0 saturated carbocycles. The van der Waals surface area contributed by atoms with Crippen molar-refractivity contribution in [2.75, 3.05) is 18.0 Å². The van der Waals surface area contributed by atoms with Crippen LogP contribution in [0.5, 0.6) is 0 Å². The number of hydrazine groups is 1. The molecule has 0 spiro atoms. The topological polar surface area (TPSA) is 105 Å². The van der Waals surface area contributed by atoms with Gasteiger partial charge in [0.25, 0.3) is 11.8 Å². The molecule has 0 aliphatic heterocycles. The molecule has 0 radical (unpaired) electrons. The third kappa shape index (κ3) is 5.30. The van der Waals surface area contributed by atoms with E-state index in [1.807, 2.05) is 79.4 Å². The van der Waals surface area contributed by atoms with Gasteiger partial charge in [0.2, 0.25) is 5.95 Å². The van der Waals surface area contributed by atoms with E-state index >= 15 is 0 Å². The Balaban J connectivity index is 1.58. The fraction of sp³-hybridized carbons (Fsp3) is 0.160. The maximum Gasteiger partial charge on any atom is 0.290 e. The largest absolute Gasteiger partial charge is 0.341 e. The third-order valence-electron chi connectivity index (χ3n) is 5.31. The van der Waals surface area contributed by atoms with Gasteiger partial charge in [-0.3, -0.25) is 20.4 Å². The molecule has 0 aliphatic carbocycles. The zero-order chi connectivity index (χ0) is 24.8. The molecule has 0 bridgehead atoms. The summed E-state index contributed by atoms with van der Waals surface area (Å²) in [6, 6.07) is 18.8. The molecule has 10 heteroatoms. The van der Waals surface area contributed by atoms with Crippen molar-refractivity contribution < 1.29 is 9.59 Å². The molecule has 2 amide bonds. The lowest BCUT2D eigenvalue weighted by Gasteiger charge is -2.19. The minimum absolute atomic E-state index is 0.0351. The summed E-state index contributed by atoms with van der Waals surface area (Å²) in [7, 11) is 0. The molecule has 2 heterocycles. The fourth-order valence-corrected chi connectivity index (χ4v) is 3.66. The first-order chi connectivity index (χ1) is 17.0. The molecule has 0 unspecified atom stereocenters. The number of rotatable bonds is 7. The number of anilines is 1. The van der Waals surface area contributed by atoms with Crippen LogP contribution in [-0.2, 0) is 0 Å². The summed E-state index contributed by atoms with van der Waals surface area (Å²) in [5.41, 5.74) is 7.14. The Bertz CT molecular complexity index is 1320. The van der Waals surface area contributed by atoms with Gasteiger partial charge in [0, 0.05) is 24.8 Å². The van der Waals surface area contributed by atoms with E-state index in [9.17, 15) is 9.59 Å². The lowest BCUT2D eigenvalue weighted by molar-refractivity contribution is 0.0844. The molecule has 2 aromatic carbocycles. The van der Waals surface area contributed by atoms with E-state index in [1.54, 1.807) is 10.9 Å².